The lowest BCUT2D eigenvalue weighted by Gasteiger charge is -2.35. The van der Waals surface area contributed by atoms with Crippen LogP contribution in [0.1, 0.15) is 204 Å². The number of rotatable bonds is 23. The average Bonchev–Trinajstić information content (AvgIpc) is 3.22. The first-order valence-corrected chi connectivity index (χ1v) is 22.8. The van der Waals surface area contributed by atoms with Crippen LogP contribution in [0.2, 0.25) is 0 Å². The topological polar surface area (TPSA) is 74.8 Å². The number of benzene rings is 5. The van der Waals surface area contributed by atoms with Gasteiger partial charge in [-0.2, -0.15) is 0 Å². The number of amides is 4. The highest BCUT2D eigenvalue weighted by Crippen LogP contribution is 2.47. The maximum absolute atomic E-state index is 14.6. The highest BCUT2D eigenvalue weighted by Gasteiger charge is 2.40. The van der Waals surface area contributed by atoms with E-state index in [0.717, 1.165) is 159 Å². The van der Waals surface area contributed by atoms with Gasteiger partial charge in [-0.05, 0) is 82.3 Å². The summed E-state index contributed by atoms with van der Waals surface area (Å²) in [7, 11) is 0. The fourth-order valence-electron chi connectivity index (χ4n) is 10.2. The molecule has 1 unspecified atom stereocenters. The van der Waals surface area contributed by atoms with E-state index in [9.17, 15) is 19.2 Å². The maximum Gasteiger partial charge on any atom is 0.261 e. The van der Waals surface area contributed by atoms with Crippen LogP contribution in [0.15, 0.2) is 48.5 Å². The smallest absolute Gasteiger partial charge is 0.261 e. The predicted molar refractivity (Wildman–Crippen MR) is 236 cm³/mol. The molecule has 2 heterocycles. The zero-order chi connectivity index (χ0) is 40.1. The monoisotopic (exact) mass is 768 g/mol. The van der Waals surface area contributed by atoms with Gasteiger partial charge in [-0.25, -0.2) is 0 Å². The third-order valence-corrected chi connectivity index (χ3v) is 13.2. The van der Waals surface area contributed by atoms with Gasteiger partial charge in [0.05, 0.1) is 0 Å². The quantitative estimate of drug-likeness (QED) is 0.0287. The number of unbranched alkanes of at least 4 members (excludes halogenated alkanes) is 13. The SMILES string of the molecule is CCCCCCCC(CCCCCC)N1C(=O)c2ccc3c4ccc5c6c(ccc(c7ccc(c2c37)C1=O)c64)C(=O)N(C(CCCCCC)CCCCCC)C5=O. The maximum atomic E-state index is 14.6. The molecule has 6 nitrogen and oxygen atoms in total. The van der Waals surface area contributed by atoms with Gasteiger partial charge in [-0.1, -0.05) is 161 Å². The summed E-state index contributed by atoms with van der Waals surface area (Å²) in [6.07, 6.45) is 22.4. The van der Waals surface area contributed by atoms with E-state index in [4.69, 9.17) is 0 Å². The van der Waals surface area contributed by atoms with Crippen molar-refractivity contribution in [1.82, 2.24) is 9.80 Å². The lowest BCUT2D eigenvalue weighted by atomic mass is 9.81. The Balaban J connectivity index is 1.28. The van der Waals surface area contributed by atoms with Crippen molar-refractivity contribution in [1.29, 1.82) is 0 Å². The Morgan fingerprint density at radius 1 is 0.333 bits per heavy atom. The van der Waals surface area contributed by atoms with Crippen LogP contribution in [0.3, 0.4) is 0 Å². The summed E-state index contributed by atoms with van der Waals surface area (Å²) in [5.74, 6) is -0.740. The molecule has 0 saturated heterocycles. The van der Waals surface area contributed by atoms with Crippen LogP contribution in [0.4, 0.5) is 0 Å². The molecule has 0 spiro atoms. The van der Waals surface area contributed by atoms with Crippen molar-refractivity contribution in [3.8, 4) is 0 Å². The molecule has 6 heteroatoms. The number of carbonyl (C=O) groups excluding carboxylic acids is 4. The minimum atomic E-state index is -0.186. The molecule has 0 radical (unpaired) electrons. The van der Waals surface area contributed by atoms with Gasteiger partial charge in [0, 0.05) is 45.1 Å². The molecule has 0 bridgehead atoms. The molecule has 0 aliphatic carbocycles. The molecule has 0 fully saturated rings. The summed E-state index contributed by atoms with van der Waals surface area (Å²) >= 11 is 0. The first kappa shape index (κ1) is 40.9. The molecular weight excluding hydrogens is 705 g/mol. The highest BCUT2D eigenvalue weighted by atomic mass is 16.2. The second-order valence-corrected chi connectivity index (χ2v) is 17.2. The van der Waals surface area contributed by atoms with E-state index < -0.39 is 0 Å². The fourth-order valence-corrected chi connectivity index (χ4v) is 10.2. The van der Waals surface area contributed by atoms with Gasteiger partial charge in [-0.3, -0.25) is 29.0 Å². The van der Waals surface area contributed by atoms with Crippen molar-refractivity contribution >= 4 is 66.7 Å². The van der Waals surface area contributed by atoms with Crippen molar-refractivity contribution in [3.05, 3.63) is 70.8 Å². The zero-order valence-electron chi connectivity index (χ0n) is 35.2. The van der Waals surface area contributed by atoms with Crippen LogP contribution in [0.25, 0.3) is 43.1 Å². The van der Waals surface area contributed by atoms with E-state index in [1.54, 1.807) is 9.80 Å². The largest absolute Gasteiger partial charge is 0.271 e. The number of fused-ring (bicyclic) bond motifs is 2. The van der Waals surface area contributed by atoms with Crippen LogP contribution >= 0.6 is 0 Å². The summed E-state index contributed by atoms with van der Waals surface area (Å²) in [4.78, 5) is 61.4. The van der Waals surface area contributed by atoms with E-state index in [-0.39, 0.29) is 35.7 Å². The molecule has 57 heavy (non-hydrogen) atoms. The summed E-state index contributed by atoms with van der Waals surface area (Å²) in [6, 6.07) is 15.6. The number of nitrogens with zero attached hydrogens (tertiary/aromatic N) is 2. The summed E-state index contributed by atoms with van der Waals surface area (Å²) in [5.41, 5.74) is 2.36. The molecule has 5 aromatic rings. The zero-order valence-corrected chi connectivity index (χ0v) is 35.2. The Morgan fingerprint density at radius 2 is 0.579 bits per heavy atom. The number of imide groups is 2. The van der Waals surface area contributed by atoms with E-state index in [2.05, 4.69) is 27.7 Å². The van der Waals surface area contributed by atoms with E-state index in [0.29, 0.717) is 22.3 Å². The molecule has 0 N–H and O–H groups in total. The number of hydrogen-bond donors (Lipinski definition) is 0. The minimum Gasteiger partial charge on any atom is -0.271 e. The Morgan fingerprint density at radius 3 is 0.842 bits per heavy atom. The van der Waals surface area contributed by atoms with Crippen LogP contribution in [-0.4, -0.2) is 45.5 Å². The van der Waals surface area contributed by atoms with Crippen molar-refractivity contribution in [3.63, 3.8) is 0 Å². The molecule has 2 aliphatic rings. The Hall–Kier alpha value is -4.32. The van der Waals surface area contributed by atoms with Crippen molar-refractivity contribution < 1.29 is 19.2 Å². The van der Waals surface area contributed by atoms with Crippen molar-refractivity contribution in [2.75, 3.05) is 0 Å². The van der Waals surface area contributed by atoms with Crippen LogP contribution in [0.5, 0.6) is 0 Å². The molecule has 4 amide bonds. The van der Waals surface area contributed by atoms with Gasteiger partial charge < -0.3 is 0 Å². The molecule has 5 aromatic carbocycles. The van der Waals surface area contributed by atoms with Crippen molar-refractivity contribution in [2.45, 2.75) is 175 Å². The molecule has 2 aliphatic heterocycles. The van der Waals surface area contributed by atoms with E-state index >= 15 is 0 Å². The second kappa shape index (κ2) is 18.5. The van der Waals surface area contributed by atoms with Crippen LogP contribution < -0.4 is 0 Å². The Bertz CT molecular complexity index is 2120. The number of carbonyl (C=O) groups is 4. The van der Waals surface area contributed by atoms with Gasteiger partial charge in [0.1, 0.15) is 0 Å². The molecular formula is C51H64N2O4. The lowest BCUT2D eigenvalue weighted by molar-refractivity contribution is 0.0501. The first-order valence-electron chi connectivity index (χ1n) is 22.8. The molecule has 1 atom stereocenters. The Labute approximate surface area is 340 Å². The van der Waals surface area contributed by atoms with E-state index in [1.165, 1.54) is 19.3 Å². The first-order chi connectivity index (χ1) is 27.9. The number of hydrogen-bond acceptors (Lipinski definition) is 4. The van der Waals surface area contributed by atoms with Gasteiger partial charge in [0.15, 0.2) is 0 Å². The highest BCUT2D eigenvalue weighted by molar-refractivity contribution is 6.41. The summed E-state index contributed by atoms with van der Waals surface area (Å²) < 4.78 is 0. The standard InChI is InChI=1S/C51H64N2O4/c1-5-9-13-17-21-25-35(24-20-16-12-8-4)53-50(56)42-32-28-38-36-26-30-40-46-41(31-27-37(44(36)46)39-29-33-43(51(53)57)47(42)45(38)39)49(55)52(48(40)54)34(22-18-14-10-6-2)23-19-15-11-7-3/h26-35H,5-25H2,1-4H3. The van der Waals surface area contributed by atoms with Gasteiger partial charge in [0.2, 0.25) is 0 Å². The second-order valence-electron chi connectivity index (χ2n) is 17.2. The van der Waals surface area contributed by atoms with Gasteiger partial charge in [-0.15, -0.1) is 0 Å². The van der Waals surface area contributed by atoms with Crippen LogP contribution in [-0.2, 0) is 0 Å². The molecule has 0 saturated carbocycles. The lowest BCUT2D eigenvalue weighted by Crippen LogP contribution is -2.47. The van der Waals surface area contributed by atoms with Crippen LogP contribution in [0, 0.1) is 0 Å². The average molecular weight is 769 g/mol. The fraction of sp³-hybridized carbons (Fsp3) is 0.529. The minimum absolute atomic E-state index is 0.113. The summed E-state index contributed by atoms with van der Waals surface area (Å²) in [5, 5.41) is 7.05. The van der Waals surface area contributed by atoms with Gasteiger partial charge in [0.25, 0.3) is 23.6 Å². The predicted octanol–water partition coefficient (Wildman–Crippen LogP) is 13.9. The van der Waals surface area contributed by atoms with E-state index in [1.807, 2.05) is 48.5 Å². The third kappa shape index (κ3) is 7.70. The van der Waals surface area contributed by atoms with Crippen molar-refractivity contribution in [2.24, 2.45) is 0 Å². The molecule has 0 aromatic heterocycles. The summed E-state index contributed by atoms with van der Waals surface area (Å²) in [6.45, 7) is 8.84. The normalized spacial score (nSPS) is 14.9. The van der Waals surface area contributed by atoms with Gasteiger partial charge >= 0.3 is 0 Å². The Kier molecular flexibility index (Phi) is 13.3. The third-order valence-electron chi connectivity index (χ3n) is 13.2. The molecule has 7 rings (SSSR count). The molecule has 302 valence electrons.